The summed E-state index contributed by atoms with van der Waals surface area (Å²) in [5.41, 5.74) is 6.09. The average molecular weight is 279 g/mol. The summed E-state index contributed by atoms with van der Waals surface area (Å²) in [6.45, 7) is 0.692. The van der Waals surface area contributed by atoms with E-state index in [1.807, 2.05) is 6.07 Å². The molecule has 106 valence electrons. The Morgan fingerprint density at radius 1 is 1.10 bits per heavy atom. The number of carbonyl (C=O) groups is 1. The fraction of sp³-hybridized carbons (Fsp3) is 0.278. The number of anilines is 1. The van der Waals surface area contributed by atoms with Crippen LogP contribution in [0.4, 0.5) is 5.69 Å². The third-order valence-electron chi connectivity index (χ3n) is 4.28. The van der Waals surface area contributed by atoms with Crippen molar-refractivity contribution in [2.45, 2.75) is 25.4 Å². The molecule has 3 heteroatoms. The number of rotatable bonds is 2. The summed E-state index contributed by atoms with van der Waals surface area (Å²) in [6.07, 6.45) is 2.45. The monoisotopic (exact) mass is 279 g/mol. The molecule has 4 rings (SSSR count). The van der Waals surface area contributed by atoms with E-state index in [2.05, 4.69) is 41.7 Å². The minimum Gasteiger partial charge on any atom is -0.368 e. The molecule has 1 heterocycles. The van der Waals surface area contributed by atoms with Crippen LogP contribution >= 0.6 is 0 Å². The fourth-order valence-corrected chi connectivity index (χ4v) is 3.23. The maximum Gasteiger partial charge on any atom is 0.253 e. The van der Waals surface area contributed by atoms with Crippen molar-refractivity contribution in [3.8, 4) is 11.1 Å². The van der Waals surface area contributed by atoms with Crippen LogP contribution in [0.1, 0.15) is 24.0 Å². The number of hydrogen-bond acceptors (Lipinski definition) is 2. The largest absolute Gasteiger partial charge is 0.368 e. The van der Waals surface area contributed by atoms with Gasteiger partial charge in [0, 0.05) is 12.3 Å². The fourth-order valence-electron chi connectivity index (χ4n) is 3.23. The molecule has 1 aliphatic heterocycles. The molecule has 0 spiro atoms. The quantitative estimate of drug-likeness (QED) is 0.781. The second-order valence-corrected chi connectivity index (χ2v) is 5.70. The van der Waals surface area contributed by atoms with Gasteiger partial charge in [0.05, 0.1) is 0 Å². The molecule has 2 aliphatic rings. The highest BCUT2D eigenvalue weighted by atomic mass is 16.5. The zero-order chi connectivity index (χ0) is 14.2. The first-order chi connectivity index (χ1) is 10.3. The van der Waals surface area contributed by atoms with Gasteiger partial charge in [-0.3, -0.25) is 4.79 Å². The Balaban J connectivity index is 1.57. The van der Waals surface area contributed by atoms with Crippen LogP contribution in [0.5, 0.6) is 0 Å². The first-order valence-electron chi connectivity index (χ1n) is 7.45. The molecule has 21 heavy (non-hydrogen) atoms. The van der Waals surface area contributed by atoms with Gasteiger partial charge in [0.25, 0.3) is 5.91 Å². The van der Waals surface area contributed by atoms with Crippen molar-refractivity contribution in [2.24, 2.45) is 0 Å². The summed E-state index contributed by atoms with van der Waals surface area (Å²) in [7, 11) is 0. The van der Waals surface area contributed by atoms with E-state index < -0.39 is 0 Å². The van der Waals surface area contributed by atoms with E-state index in [0.29, 0.717) is 6.61 Å². The van der Waals surface area contributed by atoms with Crippen LogP contribution in [0.25, 0.3) is 11.1 Å². The zero-order valence-corrected chi connectivity index (χ0v) is 11.8. The molecule has 1 unspecified atom stereocenters. The van der Waals surface area contributed by atoms with Gasteiger partial charge in [0.15, 0.2) is 0 Å². The molecule has 1 atom stereocenters. The molecule has 0 saturated carbocycles. The van der Waals surface area contributed by atoms with Gasteiger partial charge in [-0.1, -0.05) is 30.3 Å². The second kappa shape index (κ2) is 5.01. The zero-order valence-electron chi connectivity index (χ0n) is 11.8. The van der Waals surface area contributed by atoms with Crippen molar-refractivity contribution in [2.75, 3.05) is 11.9 Å². The summed E-state index contributed by atoms with van der Waals surface area (Å²) >= 11 is 0. The summed E-state index contributed by atoms with van der Waals surface area (Å²) in [5.74, 6) is -0.0250. The summed E-state index contributed by atoms with van der Waals surface area (Å²) in [4.78, 5) is 12.1. The SMILES string of the molecule is O=C(Nc1ccc2c(c1)Cc1ccccc1-2)C1CCCO1. The minimum absolute atomic E-state index is 0.0250. The van der Waals surface area contributed by atoms with E-state index in [1.54, 1.807) is 0 Å². The number of nitrogens with one attached hydrogen (secondary N) is 1. The van der Waals surface area contributed by atoms with Gasteiger partial charge in [0.1, 0.15) is 6.10 Å². The maximum absolute atomic E-state index is 12.1. The molecule has 3 nitrogen and oxygen atoms in total. The normalized spacial score (nSPS) is 19.1. The van der Waals surface area contributed by atoms with Crippen molar-refractivity contribution >= 4 is 11.6 Å². The Bertz CT molecular complexity index is 702. The van der Waals surface area contributed by atoms with Gasteiger partial charge in [-0.25, -0.2) is 0 Å². The Hall–Kier alpha value is -2.13. The van der Waals surface area contributed by atoms with Gasteiger partial charge < -0.3 is 10.1 Å². The van der Waals surface area contributed by atoms with Gasteiger partial charge >= 0.3 is 0 Å². The van der Waals surface area contributed by atoms with Crippen LogP contribution in [-0.2, 0) is 16.0 Å². The molecule has 1 N–H and O–H groups in total. The molecule has 1 aliphatic carbocycles. The second-order valence-electron chi connectivity index (χ2n) is 5.70. The predicted octanol–water partition coefficient (Wildman–Crippen LogP) is 3.38. The Morgan fingerprint density at radius 2 is 1.95 bits per heavy atom. The van der Waals surface area contributed by atoms with E-state index in [-0.39, 0.29) is 12.0 Å². The van der Waals surface area contributed by atoms with E-state index in [0.717, 1.165) is 24.9 Å². The number of hydrogen-bond donors (Lipinski definition) is 1. The molecule has 1 amide bonds. The van der Waals surface area contributed by atoms with Crippen LogP contribution in [-0.4, -0.2) is 18.6 Å². The van der Waals surface area contributed by atoms with E-state index in [4.69, 9.17) is 4.74 Å². The predicted molar refractivity (Wildman–Crippen MR) is 82.3 cm³/mol. The highest BCUT2D eigenvalue weighted by molar-refractivity contribution is 5.95. The molecule has 0 bridgehead atoms. The molecule has 1 fully saturated rings. The first-order valence-corrected chi connectivity index (χ1v) is 7.45. The molecule has 0 aromatic heterocycles. The Labute approximate surface area is 123 Å². The van der Waals surface area contributed by atoms with Crippen molar-refractivity contribution < 1.29 is 9.53 Å². The lowest BCUT2D eigenvalue weighted by atomic mass is 10.1. The number of fused-ring (bicyclic) bond motifs is 3. The Morgan fingerprint density at radius 3 is 2.81 bits per heavy atom. The maximum atomic E-state index is 12.1. The number of benzene rings is 2. The lowest BCUT2D eigenvalue weighted by molar-refractivity contribution is -0.124. The van der Waals surface area contributed by atoms with Gasteiger partial charge in [-0.15, -0.1) is 0 Å². The highest BCUT2D eigenvalue weighted by Gasteiger charge is 2.24. The molecule has 2 aromatic carbocycles. The summed E-state index contributed by atoms with van der Waals surface area (Å²) < 4.78 is 5.42. The standard InChI is InChI=1S/C18H17NO2/c20-18(17-6-3-9-21-17)19-14-7-8-16-13(11-14)10-12-4-1-2-5-15(12)16/h1-2,4-5,7-8,11,17H,3,6,9-10H2,(H,19,20). The molecular weight excluding hydrogens is 262 g/mol. The van der Waals surface area contributed by atoms with E-state index in [9.17, 15) is 4.79 Å². The highest BCUT2D eigenvalue weighted by Crippen LogP contribution is 2.37. The number of ether oxygens (including phenoxy) is 1. The first kappa shape index (κ1) is 12.6. The molecular formula is C18H17NO2. The van der Waals surface area contributed by atoms with Crippen LogP contribution < -0.4 is 5.32 Å². The lowest BCUT2D eigenvalue weighted by Gasteiger charge is -2.11. The van der Waals surface area contributed by atoms with Crippen LogP contribution in [0.15, 0.2) is 42.5 Å². The minimum atomic E-state index is -0.282. The molecule has 0 radical (unpaired) electrons. The molecule has 1 saturated heterocycles. The third-order valence-corrected chi connectivity index (χ3v) is 4.28. The topological polar surface area (TPSA) is 38.3 Å². The number of amides is 1. The van der Waals surface area contributed by atoms with Crippen molar-refractivity contribution in [3.63, 3.8) is 0 Å². The lowest BCUT2D eigenvalue weighted by Crippen LogP contribution is -2.26. The van der Waals surface area contributed by atoms with Crippen molar-refractivity contribution in [1.29, 1.82) is 0 Å². The van der Waals surface area contributed by atoms with Crippen LogP contribution in [0, 0.1) is 0 Å². The summed E-state index contributed by atoms with van der Waals surface area (Å²) in [5, 5.41) is 2.98. The van der Waals surface area contributed by atoms with E-state index >= 15 is 0 Å². The van der Waals surface area contributed by atoms with Crippen molar-refractivity contribution in [3.05, 3.63) is 53.6 Å². The van der Waals surface area contributed by atoms with Crippen LogP contribution in [0.2, 0.25) is 0 Å². The third kappa shape index (κ3) is 2.24. The Kier molecular flexibility index (Phi) is 3.00. The molecule has 2 aromatic rings. The van der Waals surface area contributed by atoms with Crippen LogP contribution in [0.3, 0.4) is 0 Å². The van der Waals surface area contributed by atoms with Crippen molar-refractivity contribution in [1.82, 2.24) is 0 Å². The van der Waals surface area contributed by atoms with Gasteiger partial charge in [-0.05, 0) is 53.6 Å². The van der Waals surface area contributed by atoms with E-state index in [1.165, 1.54) is 22.3 Å². The smallest absolute Gasteiger partial charge is 0.253 e. The van der Waals surface area contributed by atoms with Gasteiger partial charge in [0.2, 0.25) is 0 Å². The number of carbonyl (C=O) groups excluding carboxylic acids is 1. The summed E-state index contributed by atoms with van der Waals surface area (Å²) in [6, 6.07) is 14.6. The van der Waals surface area contributed by atoms with Gasteiger partial charge in [-0.2, -0.15) is 0 Å². The average Bonchev–Trinajstić information content (AvgIpc) is 3.14.